The number of amides is 3. The molecule has 3 aromatic rings. The Morgan fingerprint density at radius 1 is 0.976 bits per heavy atom. The molecule has 0 spiro atoms. The second-order valence-corrected chi connectivity index (χ2v) is 11.2. The van der Waals surface area contributed by atoms with Crippen LogP contribution in [0.5, 0.6) is 0 Å². The molecule has 216 valence electrons. The predicted octanol–water partition coefficient (Wildman–Crippen LogP) is 4.61. The van der Waals surface area contributed by atoms with Gasteiger partial charge < -0.3 is 21.1 Å². The molecule has 3 aromatic carbocycles. The van der Waals surface area contributed by atoms with Gasteiger partial charge in [0.05, 0.1) is 0 Å². The third kappa shape index (κ3) is 6.85. The summed E-state index contributed by atoms with van der Waals surface area (Å²) < 4.78 is 0. The third-order valence-corrected chi connectivity index (χ3v) is 7.52. The van der Waals surface area contributed by atoms with Gasteiger partial charge in [0.25, 0.3) is 5.91 Å². The van der Waals surface area contributed by atoms with Gasteiger partial charge in [-0.15, -0.1) is 0 Å². The van der Waals surface area contributed by atoms with Crippen molar-refractivity contribution < 1.29 is 19.5 Å². The molecule has 41 heavy (non-hydrogen) atoms. The molecular weight excluding hydrogens is 518 g/mol. The van der Waals surface area contributed by atoms with Crippen LogP contribution >= 0.6 is 0 Å². The van der Waals surface area contributed by atoms with Crippen LogP contribution in [0.15, 0.2) is 72.8 Å². The molecule has 1 heterocycles. The SMILES string of the molecule is CC(C)C[C@]1(c2ccccc2)NC(=N)N(CCCC(C)NC(=O)C(Cc2cccc3ccccc23)NC(=O)O)C1=O. The van der Waals surface area contributed by atoms with Crippen LogP contribution in [0, 0.1) is 11.3 Å². The summed E-state index contributed by atoms with van der Waals surface area (Å²) in [5, 5.41) is 28.4. The second kappa shape index (κ2) is 12.8. The molecule has 0 aliphatic carbocycles. The third-order valence-electron chi connectivity index (χ3n) is 7.52. The maximum Gasteiger partial charge on any atom is 0.405 e. The van der Waals surface area contributed by atoms with E-state index in [4.69, 9.17) is 5.41 Å². The van der Waals surface area contributed by atoms with Crippen molar-refractivity contribution in [3.8, 4) is 0 Å². The summed E-state index contributed by atoms with van der Waals surface area (Å²) in [6, 6.07) is 21.9. The maximum absolute atomic E-state index is 13.7. The molecule has 0 saturated carbocycles. The summed E-state index contributed by atoms with van der Waals surface area (Å²) in [5.74, 6) is -0.229. The number of benzene rings is 3. The standard InChI is InChI=1S/C32H39N5O4/c1-21(2)20-32(25-15-5-4-6-16-25)29(39)37(30(33)36-32)18-10-11-22(3)34-28(38)27(35-31(40)41)19-24-14-9-13-23-12-7-8-17-26(23)24/h4-9,12-17,21-22,27,35H,10-11,18-20H2,1-3H3,(H2,33,36)(H,34,38)(H,40,41)/t22?,27?,32-/m1/s1. The van der Waals surface area contributed by atoms with E-state index in [0.717, 1.165) is 21.9 Å². The van der Waals surface area contributed by atoms with E-state index in [1.54, 1.807) is 0 Å². The highest BCUT2D eigenvalue weighted by Crippen LogP contribution is 2.35. The Morgan fingerprint density at radius 3 is 2.37 bits per heavy atom. The highest BCUT2D eigenvalue weighted by Gasteiger charge is 2.50. The Balaban J connectivity index is 1.37. The van der Waals surface area contributed by atoms with Gasteiger partial charge in [-0.1, -0.05) is 86.6 Å². The molecule has 5 N–H and O–H groups in total. The largest absolute Gasteiger partial charge is 0.465 e. The van der Waals surface area contributed by atoms with Crippen molar-refractivity contribution in [3.05, 3.63) is 83.9 Å². The van der Waals surface area contributed by atoms with E-state index in [9.17, 15) is 19.5 Å². The molecule has 9 nitrogen and oxygen atoms in total. The van der Waals surface area contributed by atoms with E-state index in [1.165, 1.54) is 4.90 Å². The number of carbonyl (C=O) groups is 3. The van der Waals surface area contributed by atoms with Crippen molar-refractivity contribution in [2.75, 3.05) is 6.54 Å². The minimum Gasteiger partial charge on any atom is -0.465 e. The number of hydrogen-bond acceptors (Lipinski definition) is 4. The average Bonchev–Trinajstić information content (AvgIpc) is 3.17. The smallest absolute Gasteiger partial charge is 0.405 e. The van der Waals surface area contributed by atoms with Gasteiger partial charge in [0.1, 0.15) is 11.6 Å². The Kier molecular flexibility index (Phi) is 9.27. The summed E-state index contributed by atoms with van der Waals surface area (Å²) in [7, 11) is 0. The van der Waals surface area contributed by atoms with E-state index in [1.807, 2.05) is 79.7 Å². The van der Waals surface area contributed by atoms with Crippen LogP contribution in [0.1, 0.15) is 51.2 Å². The van der Waals surface area contributed by atoms with Crippen LogP contribution in [0.2, 0.25) is 0 Å². The Labute approximate surface area is 240 Å². The zero-order chi connectivity index (χ0) is 29.6. The van der Waals surface area contributed by atoms with Crippen molar-refractivity contribution in [1.82, 2.24) is 20.9 Å². The average molecular weight is 558 g/mol. The van der Waals surface area contributed by atoms with Gasteiger partial charge in [0, 0.05) is 19.0 Å². The first-order valence-electron chi connectivity index (χ1n) is 14.1. The van der Waals surface area contributed by atoms with Crippen molar-refractivity contribution >= 4 is 34.6 Å². The number of hydrogen-bond donors (Lipinski definition) is 5. The fraction of sp³-hybridized carbons (Fsp3) is 0.375. The van der Waals surface area contributed by atoms with Crippen molar-refractivity contribution in [2.45, 2.75) is 64.1 Å². The lowest BCUT2D eigenvalue weighted by atomic mass is 9.82. The van der Waals surface area contributed by atoms with Gasteiger partial charge in [0.2, 0.25) is 5.91 Å². The topological polar surface area (TPSA) is 135 Å². The van der Waals surface area contributed by atoms with E-state index < -0.39 is 23.6 Å². The molecule has 0 bridgehead atoms. The lowest BCUT2D eigenvalue weighted by molar-refractivity contribution is -0.132. The molecular formula is C32H39N5O4. The fourth-order valence-electron chi connectivity index (χ4n) is 5.68. The first-order valence-corrected chi connectivity index (χ1v) is 14.1. The summed E-state index contributed by atoms with van der Waals surface area (Å²) >= 11 is 0. The van der Waals surface area contributed by atoms with E-state index in [-0.39, 0.29) is 30.2 Å². The van der Waals surface area contributed by atoms with Crippen molar-refractivity contribution in [1.29, 1.82) is 5.41 Å². The van der Waals surface area contributed by atoms with E-state index in [0.29, 0.717) is 25.8 Å². The van der Waals surface area contributed by atoms with Crippen LogP contribution in [0.25, 0.3) is 10.8 Å². The number of guanidine groups is 1. The van der Waals surface area contributed by atoms with Gasteiger partial charge in [-0.05, 0) is 54.0 Å². The Hall–Kier alpha value is -4.40. The lowest BCUT2D eigenvalue weighted by Crippen LogP contribution is -2.50. The number of nitrogens with one attached hydrogen (secondary N) is 4. The molecule has 0 radical (unpaired) electrons. The minimum atomic E-state index is -1.26. The summed E-state index contributed by atoms with van der Waals surface area (Å²) in [6.45, 7) is 6.31. The normalized spacial score (nSPS) is 18.3. The Bertz CT molecular complexity index is 1400. The first-order chi connectivity index (χ1) is 19.6. The van der Waals surface area contributed by atoms with E-state index >= 15 is 0 Å². The van der Waals surface area contributed by atoms with Crippen molar-refractivity contribution in [3.63, 3.8) is 0 Å². The van der Waals surface area contributed by atoms with Gasteiger partial charge in [0.15, 0.2) is 5.96 Å². The van der Waals surface area contributed by atoms with E-state index in [2.05, 4.69) is 29.8 Å². The number of rotatable bonds is 12. The lowest BCUT2D eigenvalue weighted by Gasteiger charge is -2.29. The summed E-state index contributed by atoms with van der Waals surface area (Å²) in [4.78, 5) is 39.8. The molecule has 1 aliphatic heterocycles. The van der Waals surface area contributed by atoms with Gasteiger partial charge in [-0.25, -0.2) is 4.79 Å². The van der Waals surface area contributed by atoms with Gasteiger partial charge in [-0.2, -0.15) is 0 Å². The molecule has 1 aliphatic rings. The molecule has 3 atom stereocenters. The molecule has 1 fully saturated rings. The summed E-state index contributed by atoms with van der Waals surface area (Å²) in [6.07, 6.45) is 0.633. The Morgan fingerprint density at radius 2 is 1.66 bits per heavy atom. The fourth-order valence-corrected chi connectivity index (χ4v) is 5.68. The van der Waals surface area contributed by atoms with Crippen molar-refractivity contribution in [2.24, 2.45) is 5.92 Å². The highest BCUT2D eigenvalue weighted by atomic mass is 16.4. The monoisotopic (exact) mass is 557 g/mol. The molecule has 2 unspecified atom stereocenters. The van der Waals surface area contributed by atoms with Gasteiger partial charge in [-0.3, -0.25) is 19.9 Å². The predicted molar refractivity (Wildman–Crippen MR) is 160 cm³/mol. The molecule has 4 rings (SSSR count). The van der Waals surface area contributed by atoms with Gasteiger partial charge >= 0.3 is 6.09 Å². The van der Waals surface area contributed by atoms with Crippen LogP contribution in [-0.4, -0.2) is 52.5 Å². The molecule has 0 aromatic heterocycles. The molecule has 3 amide bonds. The number of nitrogens with zero attached hydrogens (tertiary/aromatic N) is 1. The minimum absolute atomic E-state index is 0.0806. The summed E-state index contributed by atoms with van der Waals surface area (Å²) in [5.41, 5.74) is 0.755. The van der Waals surface area contributed by atoms with Crippen LogP contribution in [0.3, 0.4) is 0 Å². The molecule has 9 heteroatoms. The number of carbonyl (C=O) groups excluding carboxylic acids is 2. The second-order valence-electron chi connectivity index (χ2n) is 11.2. The highest BCUT2D eigenvalue weighted by molar-refractivity contribution is 6.08. The number of fused-ring (bicyclic) bond motifs is 1. The number of carboxylic acid groups (broad SMARTS) is 1. The quantitative estimate of drug-likeness (QED) is 0.222. The maximum atomic E-state index is 13.7. The zero-order valence-corrected chi connectivity index (χ0v) is 23.8. The zero-order valence-electron chi connectivity index (χ0n) is 23.8. The van der Waals surface area contributed by atoms with Crippen LogP contribution in [0.4, 0.5) is 4.79 Å². The first kappa shape index (κ1) is 29.6. The molecule has 1 saturated heterocycles. The van der Waals surface area contributed by atoms with Crippen LogP contribution < -0.4 is 16.0 Å². The van der Waals surface area contributed by atoms with Crippen LogP contribution in [-0.2, 0) is 21.5 Å².